The van der Waals surface area contributed by atoms with Gasteiger partial charge in [0.15, 0.2) is 0 Å². The first kappa shape index (κ1) is 21.8. The minimum atomic E-state index is -3.07. The lowest BCUT2D eigenvalue weighted by Crippen LogP contribution is -2.46. The lowest BCUT2D eigenvalue weighted by atomic mass is 9.86. The van der Waals surface area contributed by atoms with Gasteiger partial charge in [-0.3, -0.25) is 4.79 Å². The Morgan fingerprint density at radius 3 is 2.63 bits per heavy atom. The first-order chi connectivity index (χ1) is 12.6. The van der Waals surface area contributed by atoms with Gasteiger partial charge < -0.3 is 29.1 Å². The number of benzene rings is 1. The van der Waals surface area contributed by atoms with E-state index in [2.05, 4.69) is 5.32 Å². The van der Waals surface area contributed by atoms with Crippen LogP contribution in [-0.4, -0.2) is 50.5 Å². The number of aliphatic hydroxyl groups is 2. The number of ether oxygens (including phenoxy) is 2. The molecule has 0 saturated heterocycles. The lowest BCUT2D eigenvalue weighted by molar-refractivity contribution is -0.123. The number of amides is 1. The van der Waals surface area contributed by atoms with Crippen molar-refractivity contribution in [2.75, 3.05) is 19.0 Å². The van der Waals surface area contributed by atoms with Crippen molar-refractivity contribution in [3.63, 3.8) is 0 Å². The van der Waals surface area contributed by atoms with Crippen LogP contribution in [0.25, 0.3) is 0 Å². The van der Waals surface area contributed by atoms with Gasteiger partial charge in [0.25, 0.3) is 5.91 Å². The number of hydrogen-bond donors (Lipinski definition) is 3. The van der Waals surface area contributed by atoms with E-state index < -0.39 is 26.5 Å². The van der Waals surface area contributed by atoms with Gasteiger partial charge >= 0.3 is 0 Å². The molecule has 0 saturated carbocycles. The minimum absolute atomic E-state index is 0.0909. The molecule has 152 valence electrons. The van der Waals surface area contributed by atoms with Crippen molar-refractivity contribution in [2.45, 2.75) is 57.2 Å². The summed E-state index contributed by atoms with van der Waals surface area (Å²) in [5.74, 6) is -0.0507. The molecule has 5 atom stereocenters. The maximum Gasteiger partial charge on any atom is 0.252 e. The molecular formula is C19H30FNO5Si. The second-order valence-corrected chi connectivity index (χ2v) is 11.6. The Morgan fingerprint density at radius 2 is 2.11 bits per heavy atom. The van der Waals surface area contributed by atoms with Crippen LogP contribution >= 0.6 is 0 Å². The predicted octanol–water partition coefficient (Wildman–Crippen LogP) is 3.02. The molecule has 3 N–H and O–H groups in total. The summed E-state index contributed by atoms with van der Waals surface area (Å²) in [5, 5.41) is 21.4. The van der Waals surface area contributed by atoms with E-state index in [1.54, 1.807) is 38.4 Å². The van der Waals surface area contributed by atoms with Gasteiger partial charge in [-0.2, -0.15) is 0 Å². The number of hydrogen-bond acceptors (Lipinski definition) is 5. The van der Waals surface area contributed by atoms with Crippen LogP contribution in [0.15, 0.2) is 18.2 Å². The first-order valence-electron chi connectivity index (χ1n) is 9.22. The highest BCUT2D eigenvalue weighted by Gasteiger charge is 2.47. The summed E-state index contributed by atoms with van der Waals surface area (Å²) < 4.78 is 26.8. The summed E-state index contributed by atoms with van der Waals surface area (Å²) in [4.78, 5) is 11.7. The fraction of sp³-hybridized carbons (Fsp3) is 0.632. The van der Waals surface area contributed by atoms with Gasteiger partial charge in [0.1, 0.15) is 18.0 Å². The number of rotatable bonds is 7. The number of halogens is 1. The molecule has 1 amide bonds. The Bertz CT molecular complexity index is 664. The number of carbonyl (C=O) groups is 1. The monoisotopic (exact) mass is 399 g/mol. The van der Waals surface area contributed by atoms with Crippen LogP contribution < -0.4 is 10.1 Å². The molecule has 1 aromatic carbocycles. The van der Waals surface area contributed by atoms with E-state index in [1.165, 1.54) is 6.92 Å². The molecule has 8 heteroatoms. The minimum Gasteiger partial charge on any atom is -0.490 e. The molecule has 27 heavy (non-hydrogen) atoms. The van der Waals surface area contributed by atoms with E-state index in [9.17, 15) is 19.1 Å². The van der Waals surface area contributed by atoms with Crippen LogP contribution in [0.4, 0.5) is 9.80 Å². The van der Waals surface area contributed by atoms with E-state index in [0.29, 0.717) is 17.9 Å². The van der Waals surface area contributed by atoms with Crippen molar-refractivity contribution in [1.82, 2.24) is 0 Å². The van der Waals surface area contributed by atoms with Gasteiger partial charge in [-0.15, -0.1) is 0 Å². The van der Waals surface area contributed by atoms with E-state index in [1.807, 2.05) is 6.92 Å². The number of nitrogens with one attached hydrogen (secondary N) is 1. The molecule has 6 nitrogen and oxygen atoms in total. The van der Waals surface area contributed by atoms with Crippen molar-refractivity contribution in [3.05, 3.63) is 23.8 Å². The molecule has 1 aliphatic rings. The fourth-order valence-electron chi connectivity index (χ4n) is 3.74. The molecule has 2 rings (SSSR count). The zero-order chi connectivity index (χ0) is 20.4. The first-order valence-corrected chi connectivity index (χ1v) is 12.2. The summed E-state index contributed by atoms with van der Waals surface area (Å²) in [6.07, 6.45) is -1.51. The third kappa shape index (κ3) is 4.87. The van der Waals surface area contributed by atoms with Crippen LogP contribution in [0.3, 0.4) is 0 Å². The molecule has 0 aliphatic carbocycles. The molecule has 0 radical (unpaired) electrons. The second-order valence-electron chi connectivity index (χ2n) is 7.70. The summed E-state index contributed by atoms with van der Waals surface area (Å²) >= 11 is 0. The maximum absolute atomic E-state index is 14.9. The Balaban J connectivity index is 2.37. The highest BCUT2D eigenvalue weighted by molar-refractivity contribution is 6.72. The standard InChI is InChI=1S/C19H30FNO5Si/c1-11-17(25-3)14-10-13(21-19(24)12(2)23)6-7-15(14)26-18(11)16(8-9-22)27(4,5)20/h6-7,10-12,16-18,22-23H,8-9H2,1-5H3,(H,21,24)/t11-,12+,16?,17-,18-/m1/s1. The smallest absolute Gasteiger partial charge is 0.252 e. The average Bonchev–Trinajstić information content (AvgIpc) is 2.58. The van der Waals surface area contributed by atoms with E-state index >= 15 is 0 Å². The quantitative estimate of drug-likeness (QED) is 0.485. The zero-order valence-electron chi connectivity index (χ0n) is 16.5. The van der Waals surface area contributed by atoms with Crippen LogP contribution in [0.2, 0.25) is 18.6 Å². The third-order valence-corrected chi connectivity index (χ3v) is 7.58. The summed E-state index contributed by atoms with van der Waals surface area (Å²) in [6.45, 7) is 6.52. The van der Waals surface area contributed by atoms with Crippen LogP contribution in [0.1, 0.15) is 31.9 Å². The van der Waals surface area contributed by atoms with E-state index in [0.717, 1.165) is 5.56 Å². The van der Waals surface area contributed by atoms with Gasteiger partial charge in [-0.25, -0.2) is 0 Å². The maximum atomic E-state index is 14.9. The molecule has 0 spiro atoms. The molecular weight excluding hydrogens is 369 g/mol. The molecule has 1 aliphatic heterocycles. The molecule has 0 fully saturated rings. The normalized spacial score (nSPS) is 24.5. The lowest BCUT2D eigenvalue weighted by Gasteiger charge is -2.43. The fourth-order valence-corrected chi connectivity index (χ4v) is 5.71. The van der Waals surface area contributed by atoms with E-state index in [4.69, 9.17) is 9.47 Å². The predicted molar refractivity (Wildman–Crippen MR) is 104 cm³/mol. The molecule has 1 heterocycles. The van der Waals surface area contributed by atoms with Gasteiger partial charge in [0.2, 0.25) is 8.41 Å². The number of aliphatic hydroxyl groups excluding tert-OH is 2. The Kier molecular flexibility index (Phi) is 7.01. The molecule has 0 aromatic heterocycles. The zero-order valence-corrected chi connectivity index (χ0v) is 17.5. The summed E-state index contributed by atoms with van der Waals surface area (Å²) in [7, 11) is -1.48. The number of carbonyl (C=O) groups excluding carboxylic acids is 1. The van der Waals surface area contributed by atoms with Crippen molar-refractivity contribution in [3.8, 4) is 5.75 Å². The highest BCUT2D eigenvalue weighted by atomic mass is 28.4. The van der Waals surface area contributed by atoms with Crippen molar-refractivity contribution in [1.29, 1.82) is 0 Å². The Morgan fingerprint density at radius 1 is 1.44 bits per heavy atom. The highest BCUT2D eigenvalue weighted by Crippen LogP contribution is 2.47. The molecule has 0 bridgehead atoms. The topological polar surface area (TPSA) is 88.0 Å². The Labute approximate surface area is 160 Å². The number of methoxy groups -OCH3 is 1. The van der Waals surface area contributed by atoms with Crippen LogP contribution in [0, 0.1) is 5.92 Å². The van der Waals surface area contributed by atoms with Crippen LogP contribution in [-0.2, 0) is 9.53 Å². The van der Waals surface area contributed by atoms with Crippen LogP contribution in [0.5, 0.6) is 5.75 Å². The largest absolute Gasteiger partial charge is 0.490 e. The second kappa shape index (κ2) is 8.68. The van der Waals surface area contributed by atoms with Crippen molar-refractivity contribution >= 4 is 20.0 Å². The summed E-state index contributed by atoms with van der Waals surface area (Å²) in [6, 6.07) is 5.16. The summed E-state index contributed by atoms with van der Waals surface area (Å²) in [5.41, 5.74) is 0.937. The van der Waals surface area contributed by atoms with Gasteiger partial charge in [0.05, 0.1) is 6.10 Å². The Hall–Kier alpha value is -1.48. The van der Waals surface area contributed by atoms with Gasteiger partial charge in [-0.1, -0.05) is 6.92 Å². The number of anilines is 1. The average molecular weight is 400 g/mol. The van der Waals surface area contributed by atoms with E-state index in [-0.39, 0.29) is 24.2 Å². The SMILES string of the molecule is CO[C@H]1c2cc(NC(=O)[C@H](C)O)ccc2O[C@@H](C(CCO)[Si](C)(C)F)[C@@H]1C. The van der Waals surface area contributed by atoms with Crippen molar-refractivity contribution in [2.24, 2.45) is 5.92 Å². The molecule has 1 unspecified atom stereocenters. The van der Waals surface area contributed by atoms with Gasteiger partial charge in [-0.05, 0) is 44.6 Å². The van der Waals surface area contributed by atoms with Crippen molar-refractivity contribution < 1.29 is 28.6 Å². The van der Waals surface area contributed by atoms with Gasteiger partial charge in [0, 0.05) is 36.4 Å². The molecule has 1 aromatic rings. The third-order valence-electron chi connectivity index (χ3n) is 5.19. The number of fused-ring (bicyclic) bond motifs is 1.